The Bertz CT molecular complexity index is 1140. The number of benzene rings is 2. The van der Waals surface area contributed by atoms with Gasteiger partial charge in [0.1, 0.15) is 24.7 Å². The molecule has 3 unspecified atom stereocenters. The van der Waals surface area contributed by atoms with Gasteiger partial charge in [0.2, 0.25) is 0 Å². The zero-order valence-electron chi connectivity index (χ0n) is 20.1. The van der Waals surface area contributed by atoms with Gasteiger partial charge < -0.3 is 30.4 Å². The molecule has 4 rings (SSSR count). The van der Waals surface area contributed by atoms with Crippen LogP contribution in [-0.2, 0) is 9.47 Å². The van der Waals surface area contributed by atoms with Crippen molar-refractivity contribution in [1.29, 1.82) is 5.26 Å². The Morgan fingerprint density at radius 3 is 1.94 bits per heavy atom. The van der Waals surface area contributed by atoms with E-state index in [0.29, 0.717) is 40.3 Å². The van der Waals surface area contributed by atoms with Gasteiger partial charge in [-0.25, -0.2) is 9.98 Å². The summed E-state index contributed by atoms with van der Waals surface area (Å²) in [6.07, 6.45) is 1.45. The molecule has 0 fully saturated rings. The van der Waals surface area contributed by atoms with Crippen molar-refractivity contribution in [3.63, 3.8) is 0 Å². The van der Waals surface area contributed by atoms with Gasteiger partial charge in [0, 0.05) is 18.9 Å². The fourth-order valence-electron chi connectivity index (χ4n) is 3.63. The summed E-state index contributed by atoms with van der Waals surface area (Å²) in [5.41, 5.74) is 11.5. The van der Waals surface area contributed by atoms with E-state index in [9.17, 15) is 0 Å². The van der Waals surface area contributed by atoms with E-state index < -0.39 is 0 Å². The van der Waals surface area contributed by atoms with Crippen molar-refractivity contribution in [1.82, 2.24) is 0 Å². The van der Waals surface area contributed by atoms with Crippen LogP contribution in [0.3, 0.4) is 0 Å². The van der Waals surface area contributed by atoms with Crippen LogP contribution in [0.2, 0.25) is 10.0 Å². The Morgan fingerprint density at radius 1 is 0.917 bits per heavy atom. The van der Waals surface area contributed by atoms with Gasteiger partial charge in [-0.05, 0) is 44.2 Å². The van der Waals surface area contributed by atoms with E-state index in [1.807, 2.05) is 19.9 Å². The van der Waals surface area contributed by atoms with Gasteiger partial charge in [-0.1, -0.05) is 29.3 Å². The van der Waals surface area contributed by atoms with Gasteiger partial charge in [0.15, 0.2) is 0 Å². The van der Waals surface area contributed by atoms with E-state index in [2.05, 4.69) is 16.1 Å². The molecule has 2 aliphatic rings. The van der Waals surface area contributed by atoms with Crippen molar-refractivity contribution in [3.8, 4) is 17.6 Å². The minimum atomic E-state index is -0.0119. The summed E-state index contributed by atoms with van der Waals surface area (Å²) in [4.78, 5) is 8.29. The second kappa shape index (κ2) is 13.1. The Morgan fingerprint density at radius 2 is 1.47 bits per heavy atom. The molecule has 0 radical (unpaired) electrons. The topological polar surface area (TPSA) is 137 Å². The smallest absolute Gasteiger partial charge is 0.282 e. The summed E-state index contributed by atoms with van der Waals surface area (Å²) >= 11 is 11.8. The molecule has 2 aromatic rings. The van der Waals surface area contributed by atoms with Gasteiger partial charge in [-0.15, -0.1) is 0 Å². The first-order valence-electron chi connectivity index (χ1n) is 11.4. The molecule has 4 atom stereocenters. The van der Waals surface area contributed by atoms with Crippen molar-refractivity contribution < 1.29 is 18.9 Å². The summed E-state index contributed by atoms with van der Waals surface area (Å²) in [6.45, 7) is 4.95. The second-order valence-corrected chi connectivity index (χ2v) is 9.22. The Hall–Kier alpha value is -3.35. The van der Waals surface area contributed by atoms with E-state index in [1.165, 1.54) is 0 Å². The number of hydrogen-bond donors (Lipinski definition) is 2. The molecule has 0 spiro atoms. The van der Waals surface area contributed by atoms with Gasteiger partial charge in [-0.2, -0.15) is 5.26 Å². The molecule has 0 aromatic heterocycles. The molecule has 36 heavy (non-hydrogen) atoms. The molecule has 0 bridgehead atoms. The number of amidine groups is 2. The van der Waals surface area contributed by atoms with E-state index in [-0.39, 0.29) is 36.3 Å². The molecule has 192 valence electrons. The highest BCUT2D eigenvalue weighted by atomic mass is 35.5. The number of ether oxygens (including phenoxy) is 4. The number of halogens is 2. The van der Waals surface area contributed by atoms with Gasteiger partial charge >= 0.3 is 0 Å². The zero-order chi connectivity index (χ0) is 26.1. The standard InChI is InChI=1S/C13H15N3O2.C12H14Cl2N2O2/c1-9(5-11-8-17-13(15)16-11)18-12-4-2-3-10(6-12)7-14;1-7(4-8-6-17-12(15)16-8)18-9-2-3-10(13)11(14)5-9/h2-4,6,9,11H,5,8H2,1H3,(H2,15,16);2-3,5,7-8H,4,6H2,1H3,(H2,15,16)/t9-,11?;/m0./s1. The van der Waals surface area contributed by atoms with Crippen LogP contribution in [0.25, 0.3) is 0 Å². The van der Waals surface area contributed by atoms with E-state index in [4.69, 9.17) is 58.9 Å². The maximum absolute atomic E-state index is 8.80. The van der Waals surface area contributed by atoms with E-state index in [1.54, 1.807) is 36.4 Å². The van der Waals surface area contributed by atoms with E-state index >= 15 is 0 Å². The fourth-order valence-corrected chi connectivity index (χ4v) is 3.92. The van der Waals surface area contributed by atoms with Gasteiger partial charge in [0.05, 0.1) is 46.0 Å². The number of aliphatic imine (C=N–C) groups is 2. The SMILES string of the molecule is CC(CC1COC(N)=N1)Oc1ccc(Cl)c(Cl)c1.C[C@@H](CC1COC(N)=N1)Oc1cccc(C#N)c1. The molecule has 2 aliphatic heterocycles. The molecular formula is C25H29Cl2N5O4. The van der Waals surface area contributed by atoms with Crippen molar-refractivity contribution in [2.75, 3.05) is 13.2 Å². The number of rotatable bonds is 8. The molecular weight excluding hydrogens is 505 g/mol. The van der Waals surface area contributed by atoms with Crippen molar-refractivity contribution in [2.45, 2.75) is 51.0 Å². The predicted octanol–water partition coefficient (Wildman–Crippen LogP) is 4.29. The molecule has 4 N–H and O–H groups in total. The molecule has 0 amide bonds. The lowest BCUT2D eigenvalue weighted by Gasteiger charge is -2.16. The van der Waals surface area contributed by atoms with E-state index in [0.717, 1.165) is 12.8 Å². The summed E-state index contributed by atoms with van der Waals surface area (Å²) in [5, 5.41) is 9.79. The van der Waals surface area contributed by atoms with Crippen LogP contribution in [0.15, 0.2) is 52.4 Å². The Labute approximate surface area is 220 Å². The molecule has 9 nitrogen and oxygen atoms in total. The highest BCUT2D eigenvalue weighted by molar-refractivity contribution is 6.42. The van der Waals surface area contributed by atoms with Gasteiger partial charge in [0.25, 0.3) is 12.0 Å². The van der Waals surface area contributed by atoms with Crippen LogP contribution in [0.1, 0.15) is 32.3 Å². The highest BCUT2D eigenvalue weighted by Crippen LogP contribution is 2.27. The predicted molar refractivity (Wildman–Crippen MR) is 140 cm³/mol. The summed E-state index contributed by atoms with van der Waals surface area (Å²) in [7, 11) is 0. The quantitative estimate of drug-likeness (QED) is 0.515. The lowest BCUT2D eigenvalue weighted by molar-refractivity contribution is 0.189. The van der Waals surface area contributed by atoms with Crippen LogP contribution >= 0.6 is 23.2 Å². The third-order valence-electron chi connectivity index (χ3n) is 5.20. The van der Waals surface area contributed by atoms with Crippen LogP contribution in [0.4, 0.5) is 0 Å². The van der Waals surface area contributed by atoms with Gasteiger partial charge in [-0.3, -0.25) is 0 Å². The van der Waals surface area contributed by atoms with Crippen molar-refractivity contribution in [2.24, 2.45) is 21.5 Å². The lowest BCUT2D eigenvalue weighted by Crippen LogP contribution is -2.20. The third-order valence-corrected chi connectivity index (χ3v) is 5.94. The van der Waals surface area contributed by atoms with Crippen LogP contribution in [-0.4, -0.2) is 49.5 Å². The minimum absolute atomic E-state index is 0.00880. The average Bonchev–Trinajstić information content (AvgIpc) is 3.43. The number of nitriles is 1. The fraction of sp³-hybridized carbons (Fsp3) is 0.400. The maximum Gasteiger partial charge on any atom is 0.282 e. The Balaban J connectivity index is 0.000000201. The number of hydrogen-bond acceptors (Lipinski definition) is 9. The molecule has 0 saturated heterocycles. The van der Waals surface area contributed by atoms with Crippen LogP contribution in [0, 0.1) is 11.3 Å². The normalized spacial score (nSPS) is 19.9. The van der Waals surface area contributed by atoms with Crippen LogP contribution < -0.4 is 20.9 Å². The first-order valence-corrected chi connectivity index (χ1v) is 12.2. The molecule has 11 heteroatoms. The second-order valence-electron chi connectivity index (χ2n) is 8.41. The molecule has 2 aromatic carbocycles. The lowest BCUT2D eigenvalue weighted by atomic mass is 10.1. The maximum atomic E-state index is 8.80. The highest BCUT2D eigenvalue weighted by Gasteiger charge is 2.21. The zero-order valence-corrected chi connectivity index (χ0v) is 21.6. The molecule has 0 aliphatic carbocycles. The first kappa shape index (κ1) is 27.2. The van der Waals surface area contributed by atoms with Crippen LogP contribution in [0.5, 0.6) is 11.5 Å². The summed E-state index contributed by atoms with van der Waals surface area (Å²) < 4.78 is 21.6. The first-order chi connectivity index (χ1) is 17.2. The molecule has 0 saturated carbocycles. The third kappa shape index (κ3) is 8.70. The monoisotopic (exact) mass is 533 g/mol. The summed E-state index contributed by atoms with van der Waals surface area (Å²) in [6, 6.07) is 15.0. The Kier molecular flexibility index (Phi) is 9.91. The minimum Gasteiger partial charge on any atom is -0.491 e. The summed E-state index contributed by atoms with van der Waals surface area (Å²) in [5.74, 6) is 1.38. The van der Waals surface area contributed by atoms with Crippen molar-refractivity contribution >= 4 is 35.2 Å². The largest absolute Gasteiger partial charge is 0.491 e. The number of nitrogens with zero attached hydrogens (tertiary/aromatic N) is 3. The average molecular weight is 534 g/mol. The molecule has 2 heterocycles. The van der Waals surface area contributed by atoms with Crippen molar-refractivity contribution in [3.05, 3.63) is 58.1 Å². The number of nitrogens with two attached hydrogens (primary N) is 2.